The van der Waals surface area contributed by atoms with E-state index in [1.165, 1.54) is 6.07 Å². The number of ether oxygens (including phenoxy) is 1. The number of nitrogens with one attached hydrogen (secondary N) is 3. The largest absolute Gasteiger partial charge is 0.375 e. The summed E-state index contributed by atoms with van der Waals surface area (Å²) in [5.74, 6) is -0.0618. The van der Waals surface area contributed by atoms with Crippen molar-refractivity contribution in [2.24, 2.45) is 17.6 Å². The van der Waals surface area contributed by atoms with E-state index < -0.39 is 23.3 Å². The van der Waals surface area contributed by atoms with E-state index >= 15 is 4.39 Å². The highest BCUT2D eigenvalue weighted by Crippen LogP contribution is 2.36. The third-order valence-corrected chi connectivity index (χ3v) is 19.1. The van der Waals surface area contributed by atoms with Crippen LogP contribution in [0.2, 0.25) is 5.02 Å². The van der Waals surface area contributed by atoms with E-state index in [-0.39, 0.29) is 65.2 Å². The van der Waals surface area contributed by atoms with Gasteiger partial charge in [0, 0.05) is 108 Å². The highest BCUT2D eigenvalue weighted by Gasteiger charge is 2.41. The first-order valence-corrected chi connectivity index (χ1v) is 30.7. The summed E-state index contributed by atoms with van der Waals surface area (Å²) in [7, 11) is 0. The first kappa shape index (κ1) is 57.1. The van der Waals surface area contributed by atoms with Crippen molar-refractivity contribution in [1.82, 2.24) is 50.1 Å². The lowest BCUT2D eigenvalue weighted by atomic mass is 9.83. The Kier molecular flexibility index (Phi) is 18.2. The van der Waals surface area contributed by atoms with Crippen LogP contribution >= 0.6 is 11.6 Å². The summed E-state index contributed by atoms with van der Waals surface area (Å²) in [6.45, 7) is 9.03. The Balaban J connectivity index is 0.602. The number of nitrogens with two attached hydrogens (primary N) is 1. The minimum Gasteiger partial charge on any atom is -0.375 e. The Labute approximate surface area is 480 Å². The van der Waals surface area contributed by atoms with Crippen molar-refractivity contribution in [2.75, 3.05) is 96.5 Å². The number of carbonyl (C=O) groups excluding carboxylic acids is 5. The van der Waals surface area contributed by atoms with E-state index in [1.807, 2.05) is 51.2 Å². The first-order chi connectivity index (χ1) is 39.3. The zero-order chi connectivity index (χ0) is 56.0. The molecule has 20 heteroatoms. The van der Waals surface area contributed by atoms with Crippen LogP contribution in [0, 0.1) is 17.7 Å². The molecule has 4 aromatic rings. The van der Waals surface area contributed by atoms with Gasteiger partial charge in [0.15, 0.2) is 0 Å². The lowest BCUT2D eigenvalue weighted by molar-refractivity contribution is -0.140. The average Bonchev–Trinajstić information content (AvgIpc) is 4.27. The van der Waals surface area contributed by atoms with Crippen molar-refractivity contribution < 1.29 is 33.1 Å². The van der Waals surface area contributed by atoms with E-state index in [9.17, 15) is 24.0 Å². The Morgan fingerprint density at radius 1 is 0.741 bits per heavy atom. The van der Waals surface area contributed by atoms with Gasteiger partial charge in [-0.1, -0.05) is 49.1 Å². The smallest absolute Gasteiger partial charge is 0.254 e. The fourth-order valence-electron chi connectivity index (χ4n) is 13.6. The molecule has 7 fully saturated rings. The van der Waals surface area contributed by atoms with Gasteiger partial charge >= 0.3 is 0 Å². The SMILES string of the molecule is NC1(C(=O)N[C@@H](CCN2CCN(C(=O)CN3CCC(OC4CCN(C(=O)[C@H](NC(=O)c5cc(C6CCCN(C(=O)C7CC7)C6)ccc5F)C5CCCCC5)CC4)CC3)CC2)c2ccc(Cl)cc2)CCN(c2ncnc3[nH]ccc23)CC1. The van der Waals surface area contributed by atoms with Gasteiger partial charge in [-0.2, -0.15) is 0 Å². The van der Waals surface area contributed by atoms with Gasteiger partial charge in [0.1, 0.15) is 29.7 Å². The van der Waals surface area contributed by atoms with Gasteiger partial charge in [-0.25, -0.2) is 14.4 Å². The molecule has 5 aliphatic heterocycles. The van der Waals surface area contributed by atoms with Crippen LogP contribution in [-0.2, 0) is 23.9 Å². The van der Waals surface area contributed by atoms with Gasteiger partial charge in [0.2, 0.25) is 23.6 Å². The van der Waals surface area contributed by atoms with Gasteiger partial charge in [0.05, 0.1) is 41.3 Å². The highest BCUT2D eigenvalue weighted by molar-refractivity contribution is 6.30. The maximum absolute atomic E-state index is 15.5. The molecule has 3 atom stereocenters. The Hall–Kier alpha value is -5.73. The number of H-pyrrole nitrogens is 1. The van der Waals surface area contributed by atoms with Crippen molar-refractivity contribution in [1.29, 1.82) is 0 Å². The number of amides is 5. The summed E-state index contributed by atoms with van der Waals surface area (Å²) in [5, 5.41) is 7.95. The first-order valence-electron chi connectivity index (χ1n) is 30.3. The number of aromatic nitrogens is 3. The number of anilines is 1. The van der Waals surface area contributed by atoms with Gasteiger partial charge < -0.3 is 45.7 Å². The number of piperidine rings is 4. The number of aromatic amines is 1. The third-order valence-electron chi connectivity index (χ3n) is 18.8. The number of benzene rings is 2. The van der Waals surface area contributed by atoms with Crippen LogP contribution in [-0.4, -0.2) is 184 Å². The van der Waals surface area contributed by atoms with E-state index in [4.69, 9.17) is 22.1 Å². The second-order valence-electron chi connectivity index (χ2n) is 24.3. The molecule has 2 aromatic carbocycles. The molecule has 0 radical (unpaired) electrons. The molecule has 81 heavy (non-hydrogen) atoms. The number of piperazine rings is 1. The molecule has 11 rings (SSSR count). The van der Waals surface area contributed by atoms with Crippen molar-refractivity contribution in [3.63, 3.8) is 0 Å². The molecule has 436 valence electrons. The van der Waals surface area contributed by atoms with Crippen LogP contribution in [0.5, 0.6) is 0 Å². The molecule has 1 unspecified atom stereocenters. The topological polar surface area (TPSA) is 206 Å². The minimum absolute atomic E-state index is 0.0141. The number of hydrogen-bond acceptors (Lipinski definition) is 12. The van der Waals surface area contributed by atoms with Crippen LogP contribution in [0.1, 0.15) is 136 Å². The number of rotatable bonds is 17. The number of carbonyl (C=O) groups is 5. The van der Waals surface area contributed by atoms with Crippen LogP contribution in [0.15, 0.2) is 61.1 Å². The lowest BCUT2D eigenvalue weighted by Gasteiger charge is -2.40. The Bertz CT molecular complexity index is 2830. The normalized spacial score (nSPS) is 22.8. The summed E-state index contributed by atoms with van der Waals surface area (Å²) in [6.07, 6.45) is 16.6. The zero-order valence-corrected chi connectivity index (χ0v) is 47.6. The maximum Gasteiger partial charge on any atom is 0.254 e. The fraction of sp³-hybridized carbons (Fsp3) is 0.623. The average molecular weight is 1130 g/mol. The molecule has 5 saturated heterocycles. The fourth-order valence-corrected chi connectivity index (χ4v) is 13.7. The number of hydrogen-bond donors (Lipinski definition) is 4. The Morgan fingerprint density at radius 2 is 1.46 bits per heavy atom. The highest BCUT2D eigenvalue weighted by atomic mass is 35.5. The molecule has 7 aliphatic rings. The minimum atomic E-state index is -1.02. The van der Waals surface area contributed by atoms with Crippen LogP contribution in [0.4, 0.5) is 10.2 Å². The summed E-state index contributed by atoms with van der Waals surface area (Å²) in [5.41, 5.74) is 8.42. The molecule has 0 bridgehead atoms. The van der Waals surface area contributed by atoms with E-state index in [0.717, 1.165) is 138 Å². The lowest BCUT2D eigenvalue weighted by Crippen LogP contribution is -2.60. The summed E-state index contributed by atoms with van der Waals surface area (Å²) in [4.78, 5) is 93.6. The second kappa shape index (κ2) is 25.8. The third kappa shape index (κ3) is 13.9. The van der Waals surface area contributed by atoms with Crippen LogP contribution < -0.4 is 21.3 Å². The van der Waals surface area contributed by atoms with Crippen LogP contribution in [0.3, 0.4) is 0 Å². The molecule has 2 aliphatic carbocycles. The van der Waals surface area contributed by atoms with E-state index in [1.54, 1.807) is 18.5 Å². The molecule has 7 heterocycles. The van der Waals surface area contributed by atoms with Gasteiger partial charge in [-0.3, -0.25) is 33.8 Å². The molecule has 2 saturated carbocycles. The molecule has 2 aromatic heterocycles. The summed E-state index contributed by atoms with van der Waals surface area (Å²) >= 11 is 6.29. The van der Waals surface area contributed by atoms with Gasteiger partial charge in [-0.05, 0) is 131 Å². The number of likely N-dealkylation sites (tertiary alicyclic amines) is 3. The standard InChI is InChI=1S/C61H82ClFN12O6/c62-46-13-10-41(11-14-46)52(68-60(80)61(64)22-31-73(32-23-61)56-49-16-24-65-55(49)66-40-67-56)21-28-70-33-35-72(36-34-70)53(76)39-71-26-17-47(18-27-71)81-48-19-29-74(30-20-48)59(79)54(42-5-2-1-3-6-42)69-57(77)50-37-44(12-15-51(50)63)45-7-4-25-75(38-45)58(78)43-8-9-43/h10-16,24,37,40,42-43,45,47-48,52,54H,1-9,17-23,25-36,38-39,64H2,(H,68,80)(H,69,77)(H,65,66,67)/t45?,52-,54+/m0/s1. The molecule has 0 spiro atoms. The predicted octanol–water partition coefficient (Wildman–Crippen LogP) is 6.41. The van der Waals surface area contributed by atoms with Crippen LogP contribution in [0.25, 0.3) is 11.0 Å². The zero-order valence-electron chi connectivity index (χ0n) is 46.9. The van der Waals surface area contributed by atoms with Gasteiger partial charge in [-0.15, -0.1) is 0 Å². The molecular weight excluding hydrogens is 1050 g/mol. The number of halogens is 2. The quantitative estimate of drug-likeness (QED) is 0.0906. The summed E-state index contributed by atoms with van der Waals surface area (Å²) < 4.78 is 22.2. The number of fused-ring (bicyclic) bond motifs is 1. The maximum atomic E-state index is 15.5. The van der Waals surface area contributed by atoms with E-state index in [2.05, 4.69) is 40.3 Å². The van der Waals surface area contributed by atoms with Gasteiger partial charge in [0.25, 0.3) is 5.91 Å². The van der Waals surface area contributed by atoms with Crippen molar-refractivity contribution in [3.05, 3.63) is 88.6 Å². The van der Waals surface area contributed by atoms with Crippen molar-refractivity contribution >= 4 is 58.0 Å². The predicted molar refractivity (Wildman–Crippen MR) is 308 cm³/mol. The molecular formula is C61H82ClFN12O6. The Morgan fingerprint density at radius 3 is 2.17 bits per heavy atom. The molecule has 5 amide bonds. The monoisotopic (exact) mass is 1130 g/mol. The molecule has 5 N–H and O–H groups in total. The van der Waals surface area contributed by atoms with E-state index in [0.29, 0.717) is 89.5 Å². The summed E-state index contributed by atoms with van der Waals surface area (Å²) in [6, 6.07) is 13.4. The second-order valence-corrected chi connectivity index (χ2v) is 24.7. The number of nitrogens with zero attached hydrogens (tertiary/aromatic N) is 8. The van der Waals surface area contributed by atoms with Crippen molar-refractivity contribution in [3.8, 4) is 0 Å². The molecule has 18 nitrogen and oxygen atoms in total. The van der Waals surface area contributed by atoms with Crippen molar-refractivity contribution in [2.45, 2.75) is 138 Å².